The van der Waals surface area contributed by atoms with Gasteiger partial charge in [-0.05, 0) is 68.4 Å². The number of hydrogen-bond donors (Lipinski definition) is 2. The lowest BCUT2D eigenvalue weighted by Gasteiger charge is -2.28. The molecule has 1 aromatic heterocycles. The summed E-state index contributed by atoms with van der Waals surface area (Å²) < 4.78 is 24.6. The van der Waals surface area contributed by atoms with E-state index in [1.807, 2.05) is 51.1 Å². The molecule has 0 unspecified atom stereocenters. The Labute approximate surface area is 229 Å². The first-order valence-corrected chi connectivity index (χ1v) is 13.6. The Kier molecular flexibility index (Phi) is 8.20. The Balaban J connectivity index is 1.31. The maximum Gasteiger partial charge on any atom is 0.320 e. The fraction of sp³-hybridized carbons (Fsp3) is 0.467. The summed E-state index contributed by atoms with van der Waals surface area (Å²) in [4.78, 5) is 13.2. The summed E-state index contributed by atoms with van der Waals surface area (Å²) in [5, 5.41) is 10.7. The van der Waals surface area contributed by atoms with Gasteiger partial charge in [0.05, 0.1) is 24.5 Å². The quantitative estimate of drug-likeness (QED) is 0.359. The normalized spacial score (nSPS) is 18.5. The Morgan fingerprint density at radius 1 is 1.18 bits per heavy atom. The molecule has 1 saturated carbocycles. The molecular weight excluding hydrogens is 496 g/mol. The van der Waals surface area contributed by atoms with E-state index in [-0.39, 0.29) is 12.1 Å². The average molecular weight is 535 g/mol. The second-order valence-corrected chi connectivity index (χ2v) is 10.7. The van der Waals surface area contributed by atoms with Crippen molar-refractivity contribution in [3.8, 4) is 11.6 Å². The van der Waals surface area contributed by atoms with Gasteiger partial charge in [-0.1, -0.05) is 42.8 Å². The van der Waals surface area contributed by atoms with E-state index < -0.39 is 5.79 Å². The lowest BCUT2D eigenvalue weighted by Crippen LogP contribution is -2.30. The zero-order valence-corrected chi connectivity index (χ0v) is 23.2. The molecule has 0 bridgehead atoms. The Morgan fingerprint density at radius 2 is 1.97 bits per heavy atom. The molecule has 3 aromatic rings. The molecule has 2 aromatic carbocycles. The van der Waals surface area contributed by atoms with Gasteiger partial charge in [0.2, 0.25) is 5.88 Å². The van der Waals surface area contributed by atoms with Crippen LogP contribution in [-0.4, -0.2) is 48.0 Å². The molecule has 1 atom stereocenters. The number of aromatic nitrogens is 2. The van der Waals surface area contributed by atoms with Crippen LogP contribution < -0.4 is 15.4 Å². The molecule has 9 heteroatoms. The molecule has 2 aliphatic rings. The van der Waals surface area contributed by atoms with Crippen molar-refractivity contribution in [1.29, 1.82) is 0 Å². The van der Waals surface area contributed by atoms with Crippen molar-refractivity contribution in [2.24, 2.45) is 0 Å². The van der Waals surface area contributed by atoms with Crippen LogP contribution in [0.25, 0.3) is 5.69 Å². The lowest BCUT2D eigenvalue weighted by atomic mass is 9.78. The second-order valence-electron chi connectivity index (χ2n) is 10.7. The molecule has 9 nitrogen and oxygen atoms in total. The first-order chi connectivity index (χ1) is 18.8. The largest absolute Gasteiger partial charge is 0.473 e. The lowest BCUT2D eigenvalue weighted by molar-refractivity contribution is -0.141. The van der Waals surface area contributed by atoms with Crippen molar-refractivity contribution in [2.75, 3.05) is 25.6 Å². The summed E-state index contributed by atoms with van der Waals surface area (Å²) in [6.45, 7) is 7.36. The van der Waals surface area contributed by atoms with Gasteiger partial charge in [0.15, 0.2) is 5.79 Å². The van der Waals surface area contributed by atoms with Crippen LogP contribution in [0.5, 0.6) is 5.88 Å². The predicted octanol–water partition coefficient (Wildman–Crippen LogP) is 5.45. The summed E-state index contributed by atoms with van der Waals surface area (Å²) >= 11 is 0. The minimum Gasteiger partial charge on any atom is -0.473 e. The van der Waals surface area contributed by atoms with Crippen LogP contribution >= 0.6 is 0 Å². The predicted molar refractivity (Wildman–Crippen MR) is 148 cm³/mol. The topological polar surface area (TPSA) is 95.9 Å². The van der Waals surface area contributed by atoms with Gasteiger partial charge in [0, 0.05) is 13.7 Å². The average Bonchev–Trinajstić information content (AvgIpc) is 3.40. The number of ether oxygens (including phenoxy) is 4. The molecule has 5 rings (SSSR count). The highest BCUT2D eigenvalue weighted by Crippen LogP contribution is 2.38. The number of hydrogen-bond acceptors (Lipinski definition) is 6. The summed E-state index contributed by atoms with van der Waals surface area (Å²) in [5.74, 6) is 0.911. The first-order valence-electron chi connectivity index (χ1n) is 13.6. The minimum absolute atomic E-state index is 0.195. The highest BCUT2D eigenvalue weighted by molar-refractivity contribution is 5.89. The van der Waals surface area contributed by atoms with Crippen LogP contribution in [0.1, 0.15) is 61.3 Å². The molecule has 208 valence electrons. The molecular formula is C30H38N4O5. The van der Waals surface area contributed by atoms with E-state index in [1.165, 1.54) is 24.8 Å². The van der Waals surface area contributed by atoms with E-state index in [9.17, 15) is 4.79 Å². The van der Waals surface area contributed by atoms with E-state index in [4.69, 9.17) is 18.9 Å². The summed E-state index contributed by atoms with van der Waals surface area (Å²) in [5.41, 5.74) is 5.07. The van der Waals surface area contributed by atoms with Gasteiger partial charge in [-0.15, -0.1) is 5.10 Å². The fourth-order valence-corrected chi connectivity index (χ4v) is 5.05. The Bertz CT molecular complexity index is 1290. The number of carbonyl (C=O) groups is 1. The summed E-state index contributed by atoms with van der Waals surface area (Å²) in [7, 11) is 1.69. The fourth-order valence-electron chi connectivity index (χ4n) is 5.05. The molecule has 2 heterocycles. The Hall–Kier alpha value is -3.40. The monoisotopic (exact) mass is 534 g/mol. The number of amides is 2. The first kappa shape index (κ1) is 27.2. The number of para-hydroxylation sites is 1. The van der Waals surface area contributed by atoms with Crippen LogP contribution in [0, 0.1) is 6.92 Å². The van der Waals surface area contributed by atoms with Gasteiger partial charge in [0.25, 0.3) is 0 Å². The van der Waals surface area contributed by atoms with Crippen molar-refractivity contribution in [1.82, 2.24) is 15.1 Å². The van der Waals surface area contributed by atoms with Gasteiger partial charge in [0.1, 0.15) is 18.5 Å². The van der Waals surface area contributed by atoms with E-state index >= 15 is 0 Å². The van der Waals surface area contributed by atoms with E-state index in [2.05, 4.69) is 33.9 Å². The van der Waals surface area contributed by atoms with Crippen LogP contribution in [0.4, 0.5) is 10.6 Å². The van der Waals surface area contributed by atoms with E-state index in [1.54, 1.807) is 11.8 Å². The number of carbonyl (C=O) groups excluding carboxylic acids is 1. The third-order valence-electron chi connectivity index (χ3n) is 7.29. The Morgan fingerprint density at radius 3 is 2.64 bits per heavy atom. The second kappa shape index (κ2) is 11.8. The zero-order chi connectivity index (χ0) is 27.4. The van der Waals surface area contributed by atoms with Gasteiger partial charge in [-0.2, -0.15) is 0 Å². The van der Waals surface area contributed by atoms with E-state index in [0.29, 0.717) is 44.0 Å². The number of benzene rings is 2. The van der Waals surface area contributed by atoms with E-state index in [0.717, 1.165) is 22.4 Å². The number of nitrogens with one attached hydrogen (secondary N) is 2. The number of nitrogens with zero attached hydrogens (tertiary/aromatic N) is 2. The van der Waals surface area contributed by atoms with Crippen molar-refractivity contribution < 1.29 is 23.7 Å². The molecule has 0 spiro atoms. The third-order valence-corrected chi connectivity index (χ3v) is 7.29. The molecule has 39 heavy (non-hydrogen) atoms. The van der Waals surface area contributed by atoms with Crippen LogP contribution in [0.2, 0.25) is 0 Å². The highest BCUT2D eigenvalue weighted by Gasteiger charge is 2.33. The van der Waals surface area contributed by atoms with Gasteiger partial charge < -0.3 is 24.3 Å². The zero-order valence-electron chi connectivity index (χ0n) is 23.2. The SMILES string of the molecule is COCc1ccc(C2CCC2)c(CNC(=O)Nc2c(C)c(OC[C@H]3COC(C)(C)O3)nn2-c2ccccc2)c1. The van der Waals surface area contributed by atoms with Crippen molar-refractivity contribution in [3.63, 3.8) is 0 Å². The van der Waals surface area contributed by atoms with Gasteiger partial charge >= 0.3 is 6.03 Å². The molecule has 2 fully saturated rings. The van der Waals surface area contributed by atoms with Gasteiger partial charge in [-0.25, -0.2) is 9.48 Å². The van der Waals surface area contributed by atoms with Crippen LogP contribution in [0.15, 0.2) is 48.5 Å². The molecule has 1 saturated heterocycles. The smallest absolute Gasteiger partial charge is 0.320 e. The molecule has 0 radical (unpaired) electrons. The number of rotatable bonds is 10. The van der Waals surface area contributed by atoms with Crippen molar-refractivity contribution >= 4 is 11.8 Å². The number of urea groups is 1. The maximum atomic E-state index is 13.2. The minimum atomic E-state index is -0.626. The maximum absolute atomic E-state index is 13.2. The highest BCUT2D eigenvalue weighted by atomic mass is 16.7. The van der Waals surface area contributed by atoms with Crippen molar-refractivity contribution in [3.05, 3.63) is 70.8 Å². The molecule has 2 N–H and O–H groups in total. The summed E-state index contributed by atoms with van der Waals surface area (Å²) in [6.07, 6.45) is 3.44. The van der Waals surface area contributed by atoms with Crippen molar-refractivity contribution in [2.45, 2.75) is 71.0 Å². The van der Waals surface area contributed by atoms with Crippen LogP contribution in [0.3, 0.4) is 0 Å². The standard InChI is InChI=1S/C30H38N4O5/c1-20-27(32-29(35)31-16-23-15-21(17-36-4)13-14-26(23)22-9-8-10-22)34(24-11-6-5-7-12-24)33-28(20)37-18-25-19-38-30(2,3)39-25/h5-7,11-15,22,25H,8-10,16-19H2,1-4H3,(H2,31,32,35)/t25-/m0/s1. The van der Waals surface area contributed by atoms with Gasteiger partial charge in [-0.3, -0.25) is 5.32 Å². The number of anilines is 1. The third kappa shape index (κ3) is 6.43. The molecule has 2 amide bonds. The summed E-state index contributed by atoms with van der Waals surface area (Å²) in [6, 6.07) is 15.8. The molecule has 1 aliphatic carbocycles. The van der Waals surface area contributed by atoms with Crippen LogP contribution in [-0.2, 0) is 27.4 Å². The number of methoxy groups -OCH3 is 1. The molecule has 1 aliphatic heterocycles.